The van der Waals surface area contributed by atoms with Crippen LogP contribution >= 0.6 is 47.8 Å². The third kappa shape index (κ3) is 3.64. The summed E-state index contributed by atoms with van der Waals surface area (Å²) in [4.78, 5) is 12.1. The number of halogens is 4. The van der Waals surface area contributed by atoms with Gasteiger partial charge < -0.3 is 5.32 Å². The summed E-state index contributed by atoms with van der Waals surface area (Å²) in [5.41, 5.74) is 1.01. The molecule has 0 fully saturated rings. The average Bonchev–Trinajstić information content (AvgIpc) is 2.37. The monoisotopic (exact) mass is 449 g/mol. The minimum absolute atomic E-state index is 0.258. The van der Waals surface area contributed by atoms with Crippen LogP contribution in [0.2, 0.25) is 0 Å². The van der Waals surface area contributed by atoms with Gasteiger partial charge in [0, 0.05) is 14.5 Å². The lowest BCUT2D eigenvalue weighted by atomic mass is 10.2. The Morgan fingerprint density at radius 2 is 1.74 bits per heavy atom. The van der Waals surface area contributed by atoms with Gasteiger partial charge in [-0.2, -0.15) is 0 Å². The van der Waals surface area contributed by atoms with E-state index >= 15 is 0 Å². The van der Waals surface area contributed by atoms with Crippen molar-refractivity contribution < 1.29 is 9.18 Å². The fourth-order valence-corrected chi connectivity index (χ4v) is 2.51. The van der Waals surface area contributed by atoms with Gasteiger partial charge in [0.05, 0.1) is 10.2 Å². The van der Waals surface area contributed by atoms with E-state index in [1.807, 2.05) is 12.1 Å². The molecule has 0 saturated carbocycles. The molecule has 2 aromatic carbocycles. The van der Waals surface area contributed by atoms with Gasteiger partial charge >= 0.3 is 0 Å². The van der Waals surface area contributed by atoms with Gasteiger partial charge in [-0.15, -0.1) is 0 Å². The van der Waals surface area contributed by atoms with Crippen LogP contribution in [-0.2, 0) is 0 Å². The molecule has 1 amide bonds. The Morgan fingerprint density at radius 3 is 2.42 bits per heavy atom. The number of nitrogens with one attached hydrogen (secondary N) is 1. The quantitative estimate of drug-likeness (QED) is 0.653. The molecule has 0 spiro atoms. The molecule has 0 aliphatic heterocycles. The van der Waals surface area contributed by atoms with Crippen LogP contribution in [-0.4, -0.2) is 5.91 Å². The second-order valence-corrected chi connectivity index (χ2v) is 6.33. The van der Waals surface area contributed by atoms with Crippen LogP contribution in [0.15, 0.2) is 49.8 Å². The lowest BCUT2D eigenvalue weighted by molar-refractivity contribution is 0.102. The second-order valence-electron chi connectivity index (χ2n) is 3.71. The van der Waals surface area contributed by atoms with Gasteiger partial charge in [0.25, 0.3) is 5.91 Å². The molecule has 1 N–H and O–H groups in total. The highest BCUT2D eigenvalue weighted by Crippen LogP contribution is 2.27. The first-order valence-electron chi connectivity index (χ1n) is 5.19. The van der Waals surface area contributed by atoms with Crippen molar-refractivity contribution in [2.75, 3.05) is 5.32 Å². The van der Waals surface area contributed by atoms with Crippen molar-refractivity contribution in [3.8, 4) is 0 Å². The predicted octanol–water partition coefficient (Wildman–Crippen LogP) is 5.37. The van der Waals surface area contributed by atoms with Crippen LogP contribution in [0.25, 0.3) is 0 Å². The molecule has 98 valence electrons. The Morgan fingerprint density at radius 1 is 1.00 bits per heavy atom. The number of anilines is 1. The standard InChI is InChI=1S/C13H7Br3FNO/c14-8-2-3-9(15)12(6-8)18-13(19)7-1-4-11(17)10(16)5-7/h1-6H,(H,18,19). The Hall–Kier alpha value is -0.720. The summed E-state index contributed by atoms with van der Waals surface area (Å²) in [5, 5.41) is 2.75. The van der Waals surface area contributed by atoms with E-state index in [1.54, 1.807) is 6.07 Å². The van der Waals surface area contributed by atoms with E-state index in [1.165, 1.54) is 18.2 Å². The highest BCUT2D eigenvalue weighted by atomic mass is 79.9. The lowest BCUT2D eigenvalue weighted by Gasteiger charge is -2.08. The van der Waals surface area contributed by atoms with Crippen LogP contribution in [0, 0.1) is 5.82 Å². The van der Waals surface area contributed by atoms with Gasteiger partial charge in [0.1, 0.15) is 5.82 Å². The van der Waals surface area contributed by atoms with E-state index in [2.05, 4.69) is 53.1 Å². The maximum Gasteiger partial charge on any atom is 0.255 e. The minimum atomic E-state index is -0.403. The summed E-state index contributed by atoms with van der Waals surface area (Å²) in [6.45, 7) is 0. The zero-order valence-electron chi connectivity index (χ0n) is 9.38. The van der Waals surface area contributed by atoms with Crippen molar-refractivity contribution in [1.82, 2.24) is 0 Å². The van der Waals surface area contributed by atoms with E-state index in [9.17, 15) is 9.18 Å². The number of carbonyl (C=O) groups excluding carboxylic acids is 1. The molecule has 0 saturated heterocycles. The molecule has 0 atom stereocenters. The molecule has 19 heavy (non-hydrogen) atoms. The second kappa shape index (κ2) is 6.15. The third-order valence-electron chi connectivity index (χ3n) is 2.36. The first-order chi connectivity index (χ1) is 8.97. The zero-order chi connectivity index (χ0) is 14.0. The van der Waals surface area contributed by atoms with Crippen LogP contribution in [0.3, 0.4) is 0 Å². The highest BCUT2D eigenvalue weighted by molar-refractivity contribution is 9.11. The first-order valence-corrected chi connectivity index (χ1v) is 7.57. The van der Waals surface area contributed by atoms with E-state index in [-0.39, 0.29) is 10.4 Å². The van der Waals surface area contributed by atoms with Crippen molar-refractivity contribution in [1.29, 1.82) is 0 Å². The molecule has 0 heterocycles. The topological polar surface area (TPSA) is 29.1 Å². The number of carbonyl (C=O) groups is 1. The number of rotatable bonds is 2. The van der Waals surface area contributed by atoms with Gasteiger partial charge in [-0.05, 0) is 68.3 Å². The summed E-state index contributed by atoms with van der Waals surface area (Å²) in [7, 11) is 0. The maximum absolute atomic E-state index is 13.1. The predicted molar refractivity (Wildman–Crippen MR) is 83.9 cm³/mol. The zero-order valence-corrected chi connectivity index (χ0v) is 14.1. The Balaban J connectivity index is 2.25. The molecule has 0 unspecified atom stereocenters. The van der Waals surface area contributed by atoms with E-state index in [0.29, 0.717) is 11.3 Å². The molecule has 0 aliphatic carbocycles. The minimum Gasteiger partial charge on any atom is -0.321 e. The molecular formula is C13H7Br3FNO. The Bertz CT molecular complexity index is 646. The number of hydrogen-bond acceptors (Lipinski definition) is 1. The van der Waals surface area contributed by atoms with E-state index in [4.69, 9.17) is 0 Å². The number of benzene rings is 2. The largest absolute Gasteiger partial charge is 0.321 e. The van der Waals surface area contributed by atoms with Crippen LogP contribution < -0.4 is 5.32 Å². The fraction of sp³-hybridized carbons (Fsp3) is 0. The van der Waals surface area contributed by atoms with Crippen LogP contribution in [0.1, 0.15) is 10.4 Å². The molecular weight excluding hydrogens is 445 g/mol. The molecule has 2 aromatic rings. The molecule has 0 aromatic heterocycles. The highest BCUT2D eigenvalue weighted by Gasteiger charge is 2.10. The van der Waals surface area contributed by atoms with Gasteiger partial charge in [-0.3, -0.25) is 4.79 Å². The van der Waals surface area contributed by atoms with Gasteiger partial charge in [-0.1, -0.05) is 15.9 Å². The van der Waals surface area contributed by atoms with Gasteiger partial charge in [-0.25, -0.2) is 4.39 Å². The summed E-state index contributed by atoms with van der Waals surface area (Å²) in [6, 6.07) is 9.57. The van der Waals surface area contributed by atoms with Crippen LogP contribution in [0.4, 0.5) is 10.1 Å². The van der Waals surface area contributed by atoms with Gasteiger partial charge in [0.2, 0.25) is 0 Å². The SMILES string of the molecule is O=C(Nc1cc(Br)ccc1Br)c1ccc(F)c(Br)c1. The smallest absolute Gasteiger partial charge is 0.255 e. The molecule has 0 radical (unpaired) electrons. The Kier molecular flexibility index (Phi) is 4.76. The van der Waals surface area contributed by atoms with Crippen molar-refractivity contribution in [3.05, 3.63) is 61.2 Å². The number of amides is 1. The molecule has 0 aliphatic rings. The molecule has 2 rings (SSSR count). The summed E-state index contributed by atoms with van der Waals surface area (Å²) >= 11 is 9.74. The summed E-state index contributed by atoms with van der Waals surface area (Å²) < 4.78 is 15.0. The molecule has 2 nitrogen and oxygen atoms in total. The third-order valence-corrected chi connectivity index (χ3v) is 4.15. The Labute approximate surface area is 134 Å². The molecule has 0 bridgehead atoms. The van der Waals surface area contributed by atoms with Gasteiger partial charge in [0.15, 0.2) is 0 Å². The van der Waals surface area contributed by atoms with Crippen LogP contribution in [0.5, 0.6) is 0 Å². The van der Waals surface area contributed by atoms with E-state index in [0.717, 1.165) is 8.95 Å². The number of hydrogen-bond donors (Lipinski definition) is 1. The first kappa shape index (κ1) is 14.7. The average molecular weight is 452 g/mol. The lowest BCUT2D eigenvalue weighted by Crippen LogP contribution is -2.12. The summed E-state index contributed by atoms with van der Waals surface area (Å²) in [5.74, 6) is -0.709. The van der Waals surface area contributed by atoms with E-state index < -0.39 is 5.82 Å². The molecule has 6 heteroatoms. The summed E-state index contributed by atoms with van der Waals surface area (Å²) in [6.07, 6.45) is 0. The van der Waals surface area contributed by atoms with Crippen molar-refractivity contribution in [2.24, 2.45) is 0 Å². The maximum atomic E-state index is 13.1. The van der Waals surface area contributed by atoms with Crippen molar-refractivity contribution in [3.63, 3.8) is 0 Å². The fourth-order valence-electron chi connectivity index (χ4n) is 1.43. The normalized spacial score (nSPS) is 10.3. The van der Waals surface area contributed by atoms with Crippen molar-refractivity contribution >= 4 is 59.4 Å². The van der Waals surface area contributed by atoms with Crippen molar-refractivity contribution in [2.45, 2.75) is 0 Å².